The summed E-state index contributed by atoms with van der Waals surface area (Å²) >= 11 is 1.57. The molecule has 0 radical (unpaired) electrons. The topological polar surface area (TPSA) is 64.1 Å². The van der Waals surface area contributed by atoms with Crippen LogP contribution in [0.3, 0.4) is 0 Å². The molecule has 5 nitrogen and oxygen atoms in total. The van der Waals surface area contributed by atoms with Crippen molar-refractivity contribution in [3.05, 3.63) is 70.2 Å². The van der Waals surface area contributed by atoms with Gasteiger partial charge in [-0.15, -0.1) is 11.3 Å². The zero-order valence-corrected chi connectivity index (χ0v) is 14.7. The number of carbonyl (C=O) groups is 1. The van der Waals surface area contributed by atoms with Gasteiger partial charge in [0, 0.05) is 11.0 Å². The van der Waals surface area contributed by atoms with E-state index in [4.69, 9.17) is 4.74 Å². The maximum atomic E-state index is 12.1. The third kappa shape index (κ3) is 4.51. The lowest BCUT2D eigenvalue weighted by molar-refractivity contribution is -0.111. The van der Waals surface area contributed by atoms with Gasteiger partial charge in [-0.3, -0.25) is 4.79 Å². The minimum Gasteiger partial charge on any atom is -0.424 e. The molecule has 0 spiro atoms. The van der Waals surface area contributed by atoms with Gasteiger partial charge in [-0.2, -0.15) is 9.97 Å². The van der Waals surface area contributed by atoms with E-state index < -0.39 is 0 Å². The fraction of sp³-hybridized carbons (Fsp3) is 0.105. The fourth-order valence-electron chi connectivity index (χ4n) is 2.21. The number of nitrogens with one attached hydrogen (secondary N) is 1. The highest BCUT2D eigenvalue weighted by atomic mass is 32.1. The number of rotatable bonds is 5. The summed E-state index contributed by atoms with van der Waals surface area (Å²) in [5.74, 6) is 0.442. The largest absolute Gasteiger partial charge is 0.424 e. The Balaban J connectivity index is 1.73. The van der Waals surface area contributed by atoms with E-state index in [1.54, 1.807) is 17.4 Å². The first-order valence-corrected chi connectivity index (χ1v) is 8.60. The van der Waals surface area contributed by atoms with E-state index in [0.29, 0.717) is 22.8 Å². The summed E-state index contributed by atoms with van der Waals surface area (Å²) in [5, 5.41) is 4.79. The Hall–Kier alpha value is -2.99. The number of hydrogen-bond acceptors (Lipinski definition) is 5. The Morgan fingerprint density at radius 3 is 2.44 bits per heavy atom. The quantitative estimate of drug-likeness (QED) is 0.682. The second-order valence-electron chi connectivity index (χ2n) is 5.31. The highest BCUT2D eigenvalue weighted by Gasteiger charge is 2.11. The molecule has 1 N–H and O–H groups in total. The van der Waals surface area contributed by atoms with Gasteiger partial charge in [0.2, 0.25) is 5.91 Å². The first kappa shape index (κ1) is 16.9. The number of hydrogen-bond donors (Lipinski definition) is 1. The zero-order chi connectivity index (χ0) is 17.6. The molecule has 3 aromatic rings. The van der Waals surface area contributed by atoms with Gasteiger partial charge in [-0.1, -0.05) is 24.3 Å². The van der Waals surface area contributed by atoms with E-state index in [0.717, 1.165) is 4.88 Å². The molecule has 1 aromatic carbocycles. The number of amides is 1. The SMILES string of the molecule is Cc1nc(Oc2ccccc2)nc(C)c1NC(=O)/C=C/c1cccs1. The summed E-state index contributed by atoms with van der Waals surface area (Å²) in [6.07, 6.45) is 3.28. The third-order valence-electron chi connectivity index (χ3n) is 3.39. The molecular formula is C19H17N3O2S. The molecule has 0 aliphatic heterocycles. The van der Waals surface area contributed by atoms with Gasteiger partial charge >= 0.3 is 6.01 Å². The van der Waals surface area contributed by atoms with Crippen LogP contribution in [0.15, 0.2) is 53.9 Å². The molecular weight excluding hydrogens is 334 g/mol. The highest BCUT2D eigenvalue weighted by molar-refractivity contribution is 7.10. The standard InChI is InChI=1S/C19H17N3O2S/c1-13-18(22-17(23)11-10-16-9-6-12-25-16)14(2)21-19(20-13)24-15-7-4-3-5-8-15/h3-12H,1-2H3,(H,22,23)/b11-10+. The van der Waals surface area contributed by atoms with Crippen LogP contribution in [0, 0.1) is 13.8 Å². The number of aryl methyl sites for hydroxylation is 2. The lowest BCUT2D eigenvalue weighted by atomic mass is 10.2. The molecule has 0 aliphatic carbocycles. The predicted molar refractivity (Wildman–Crippen MR) is 100 cm³/mol. The predicted octanol–water partition coefficient (Wildman–Crippen LogP) is 4.60. The van der Waals surface area contributed by atoms with Crippen LogP contribution in [0.4, 0.5) is 5.69 Å². The summed E-state index contributed by atoms with van der Waals surface area (Å²) in [6, 6.07) is 13.5. The minimum absolute atomic E-state index is 0.222. The van der Waals surface area contributed by atoms with Crippen LogP contribution in [0.1, 0.15) is 16.3 Å². The van der Waals surface area contributed by atoms with Crippen molar-refractivity contribution in [2.75, 3.05) is 5.32 Å². The lowest BCUT2D eigenvalue weighted by Crippen LogP contribution is -2.12. The van der Waals surface area contributed by atoms with Crippen molar-refractivity contribution in [3.63, 3.8) is 0 Å². The van der Waals surface area contributed by atoms with E-state index in [-0.39, 0.29) is 11.9 Å². The molecule has 126 valence electrons. The molecule has 1 amide bonds. The number of thiophene rings is 1. The molecule has 2 aromatic heterocycles. The number of ether oxygens (including phenoxy) is 1. The molecule has 3 rings (SSSR count). The molecule has 0 saturated carbocycles. The average molecular weight is 351 g/mol. The van der Waals surface area contributed by atoms with Crippen molar-refractivity contribution in [1.29, 1.82) is 0 Å². The maximum Gasteiger partial charge on any atom is 0.322 e. The van der Waals surface area contributed by atoms with E-state index in [1.807, 2.05) is 61.7 Å². The Morgan fingerprint density at radius 2 is 1.80 bits per heavy atom. The van der Waals surface area contributed by atoms with Crippen LogP contribution in [0.25, 0.3) is 6.08 Å². The van der Waals surface area contributed by atoms with Crippen LogP contribution < -0.4 is 10.1 Å². The van der Waals surface area contributed by atoms with Gasteiger partial charge in [0.15, 0.2) is 0 Å². The van der Waals surface area contributed by atoms with Crippen LogP contribution in [0.2, 0.25) is 0 Å². The molecule has 0 aliphatic rings. The summed E-state index contributed by atoms with van der Waals surface area (Å²) in [7, 11) is 0. The van der Waals surface area contributed by atoms with Crippen molar-refractivity contribution in [2.45, 2.75) is 13.8 Å². The Morgan fingerprint density at radius 1 is 1.08 bits per heavy atom. The molecule has 2 heterocycles. The average Bonchev–Trinajstić information content (AvgIpc) is 3.11. The number of carbonyl (C=O) groups excluding carboxylic acids is 1. The van der Waals surface area contributed by atoms with Crippen molar-refractivity contribution >= 4 is 29.0 Å². The molecule has 0 unspecified atom stereocenters. The van der Waals surface area contributed by atoms with Crippen LogP contribution in [-0.2, 0) is 4.79 Å². The molecule has 0 fully saturated rings. The normalized spacial score (nSPS) is 10.8. The van der Waals surface area contributed by atoms with E-state index >= 15 is 0 Å². The highest BCUT2D eigenvalue weighted by Crippen LogP contribution is 2.23. The lowest BCUT2D eigenvalue weighted by Gasteiger charge is -2.11. The summed E-state index contributed by atoms with van der Waals surface area (Å²) < 4.78 is 5.65. The molecule has 0 bridgehead atoms. The zero-order valence-electron chi connectivity index (χ0n) is 13.9. The molecule has 0 atom stereocenters. The molecule has 0 saturated heterocycles. The second kappa shape index (κ2) is 7.72. The minimum atomic E-state index is -0.222. The number of para-hydroxylation sites is 1. The van der Waals surface area contributed by atoms with Crippen molar-refractivity contribution < 1.29 is 9.53 Å². The summed E-state index contributed by atoms with van der Waals surface area (Å²) in [4.78, 5) is 21.8. The summed E-state index contributed by atoms with van der Waals surface area (Å²) in [5.41, 5.74) is 1.90. The van der Waals surface area contributed by atoms with Gasteiger partial charge in [-0.25, -0.2) is 0 Å². The van der Waals surface area contributed by atoms with Crippen LogP contribution in [-0.4, -0.2) is 15.9 Å². The number of benzene rings is 1. The van der Waals surface area contributed by atoms with E-state index in [9.17, 15) is 4.79 Å². The van der Waals surface area contributed by atoms with Crippen LogP contribution >= 0.6 is 11.3 Å². The number of nitrogens with zero attached hydrogens (tertiary/aromatic N) is 2. The Labute approximate surface area is 150 Å². The van der Waals surface area contributed by atoms with Gasteiger partial charge in [-0.05, 0) is 43.5 Å². The van der Waals surface area contributed by atoms with Gasteiger partial charge in [0.25, 0.3) is 0 Å². The Kier molecular flexibility index (Phi) is 5.20. The fourth-order valence-corrected chi connectivity index (χ4v) is 2.83. The maximum absolute atomic E-state index is 12.1. The third-order valence-corrected chi connectivity index (χ3v) is 4.23. The molecule has 25 heavy (non-hydrogen) atoms. The van der Waals surface area contributed by atoms with E-state index in [1.165, 1.54) is 6.08 Å². The smallest absolute Gasteiger partial charge is 0.322 e. The Bertz CT molecular complexity index is 867. The summed E-state index contributed by atoms with van der Waals surface area (Å²) in [6.45, 7) is 3.62. The monoisotopic (exact) mass is 351 g/mol. The van der Waals surface area contributed by atoms with Gasteiger partial charge < -0.3 is 10.1 Å². The van der Waals surface area contributed by atoms with Crippen molar-refractivity contribution in [1.82, 2.24) is 9.97 Å². The number of anilines is 1. The second-order valence-corrected chi connectivity index (χ2v) is 6.28. The van der Waals surface area contributed by atoms with Crippen LogP contribution in [0.5, 0.6) is 11.8 Å². The van der Waals surface area contributed by atoms with Gasteiger partial charge in [0.05, 0.1) is 17.1 Å². The molecule has 6 heteroatoms. The van der Waals surface area contributed by atoms with E-state index in [2.05, 4.69) is 15.3 Å². The van der Waals surface area contributed by atoms with Crippen molar-refractivity contribution in [3.8, 4) is 11.8 Å². The van der Waals surface area contributed by atoms with Gasteiger partial charge in [0.1, 0.15) is 5.75 Å². The first-order valence-electron chi connectivity index (χ1n) is 7.72. The van der Waals surface area contributed by atoms with Crippen molar-refractivity contribution in [2.24, 2.45) is 0 Å². The number of aromatic nitrogens is 2. The first-order chi connectivity index (χ1) is 12.1.